The number of oxazole rings is 1. The lowest BCUT2D eigenvalue weighted by Crippen LogP contribution is -2.25. The molecule has 5 nitrogen and oxygen atoms in total. The smallest absolute Gasteiger partial charge is 0.226 e. The highest BCUT2D eigenvalue weighted by molar-refractivity contribution is 5.84. The van der Waals surface area contributed by atoms with Crippen LogP contribution in [0.5, 0.6) is 0 Å². The number of benzene rings is 2. The molecule has 28 heavy (non-hydrogen) atoms. The van der Waals surface area contributed by atoms with Crippen LogP contribution < -0.4 is 5.32 Å². The van der Waals surface area contributed by atoms with E-state index < -0.39 is 0 Å². The van der Waals surface area contributed by atoms with E-state index in [2.05, 4.69) is 21.4 Å². The fourth-order valence-corrected chi connectivity index (χ4v) is 3.26. The molecule has 0 bridgehead atoms. The summed E-state index contributed by atoms with van der Waals surface area (Å²) in [6.07, 6.45) is 5.48. The number of carbonyl (C=O) groups is 1. The van der Waals surface area contributed by atoms with Crippen LogP contribution in [-0.2, 0) is 17.6 Å². The molecule has 142 valence electrons. The molecule has 2 heterocycles. The summed E-state index contributed by atoms with van der Waals surface area (Å²) in [5.74, 6) is 0.660. The Morgan fingerprint density at radius 1 is 1.11 bits per heavy atom. The lowest BCUT2D eigenvalue weighted by atomic mass is 10.1. The number of para-hydroxylation sites is 1. The Balaban J connectivity index is 1.25. The van der Waals surface area contributed by atoms with Gasteiger partial charge in [-0.2, -0.15) is 0 Å². The van der Waals surface area contributed by atoms with E-state index in [1.54, 1.807) is 6.26 Å². The quantitative estimate of drug-likeness (QED) is 0.504. The van der Waals surface area contributed by atoms with Crippen LogP contribution in [0.15, 0.2) is 65.4 Å². The Morgan fingerprint density at radius 3 is 2.79 bits per heavy atom. The molecule has 4 aromatic rings. The predicted molar refractivity (Wildman–Crippen MR) is 110 cm³/mol. The number of fused-ring (bicyclic) bond motifs is 1. The summed E-state index contributed by atoms with van der Waals surface area (Å²) in [5.41, 5.74) is 5.27. The molecule has 1 amide bonds. The lowest BCUT2D eigenvalue weighted by molar-refractivity contribution is -0.121. The first-order valence-corrected chi connectivity index (χ1v) is 9.52. The largest absolute Gasteiger partial charge is 0.444 e. The summed E-state index contributed by atoms with van der Waals surface area (Å²) in [4.78, 5) is 19.9. The molecule has 0 aliphatic carbocycles. The predicted octanol–water partition coefficient (Wildman–Crippen LogP) is 4.42. The molecular weight excluding hydrogens is 350 g/mol. The van der Waals surface area contributed by atoms with Gasteiger partial charge in [-0.3, -0.25) is 4.79 Å². The van der Waals surface area contributed by atoms with Crippen molar-refractivity contribution in [2.24, 2.45) is 0 Å². The highest BCUT2D eigenvalue weighted by Gasteiger charge is 2.09. The molecule has 0 unspecified atom stereocenters. The molecule has 0 fully saturated rings. The standard InChI is InChI=1S/C23H23N3O2/c1-16-6-8-17(9-7-16)23-26-19(15-28-23)12-13-24-22(27)11-10-18-14-25-21-5-3-2-4-20(18)21/h2-9,14-15,25H,10-13H2,1H3,(H,24,27). The van der Waals surface area contributed by atoms with Crippen LogP contribution in [0.2, 0.25) is 0 Å². The van der Waals surface area contributed by atoms with Crippen LogP contribution in [-0.4, -0.2) is 22.4 Å². The van der Waals surface area contributed by atoms with Crippen molar-refractivity contribution in [3.8, 4) is 11.5 Å². The van der Waals surface area contributed by atoms with Gasteiger partial charge in [0.15, 0.2) is 0 Å². The first-order chi connectivity index (χ1) is 13.7. The van der Waals surface area contributed by atoms with E-state index in [0.29, 0.717) is 25.3 Å². The third-order valence-electron chi connectivity index (χ3n) is 4.85. The zero-order valence-electron chi connectivity index (χ0n) is 15.9. The van der Waals surface area contributed by atoms with Gasteiger partial charge in [-0.05, 0) is 37.1 Å². The SMILES string of the molecule is Cc1ccc(-c2nc(CCNC(=O)CCc3c[nH]c4ccccc34)co2)cc1. The van der Waals surface area contributed by atoms with E-state index in [-0.39, 0.29) is 5.91 Å². The van der Waals surface area contributed by atoms with Gasteiger partial charge in [0.25, 0.3) is 0 Å². The first-order valence-electron chi connectivity index (χ1n) is 9.52. The average molecular weight is 373 g/mol. The van der Waals surface area contributed by atoms with Gasteiger partial charge in [0.1, 0.15) is 6.26 Å². The number of nitrogens with zero attached hydrogens (tertiary/aromatic N) is 1. The monoisotopic (exact) mass is 373 g/mol. The summed E-state index contributed by atoms with van der Waals surface area (Å²) >= 11 is 0. The number of hydrogen-bond acceptors (Lipinski definition) is 3. The van der Waals surface area contributed by atoms with Crippen LogP contribution in [0.4, 0.5) is 0 Å². The first kappa shape index (κ1) is 18.0. The molecule has 0 aliphatic heterocycles. The number of H-pyrrole nitrogens is 1. The van der Waals surface area contributed by atoms with Crippen molar-refractivity contribution in [3.63, 3.8) is 0 Å². The number of aromatic amines is 1. The molecule has 0 saturated carbocycles. The van der Waals surface area contributed by atoms with E-state index in [1.807, 2.05) is 55.6 Å². The number of aromatic nitrogens is 2. The molecule has 0 spiro atoms. The summed E-state index contributed by atoms with van der Waals surface area (Å²) in [6.45, 7) is 2.60. The summed E-state index contributed by atoms with van der Waals surface area (Å²) < 4.78 is 5.56. The van der Waals surface area contributed by atoms with E-state index >= 15 is 0 Å². The van der Waals surface area contributed by atoms with E-state index in [1.165, 1.54) is 16.5 Å². The van der Waals surface area contributed by atoms with Crippen molar-refractivity contribution in [2.45, 2.75) is 26.2 Å². The number of carbonyl (C=O) groups excluding carboxylic acids is 1. The number of hydrogen-bond donors (Lipinski definition) is 2. The minimum Gasteiger partial charge on any atom is -0.444 e. The van der Waals surface area contributed by atoms with E-state index in [9.17, 15) is 4.79 Å². The summed E-state index contributed by atoms with van der Waals surface area (Å²) in [7, 11) is 0. The molecule has 0 aliphatic rings. The molecule has 2 N–H and O–H groups in total. The molecule has 2 aromatic carbocycles. The van der Waals surface area contributed by atoms with Crippen molar-refractivity contribution in [3.05, 3.63) is 77.8 Å². The van der Waals surface area contributed by atoms with Gasteiger partial charge in [-0.1, -0.05) is 35.9 Å². The minimum absolute atomic E-state index is 0.0486. The van der Waals surface area contributed by atoms with Gasteiger partial charge in [0.05, 0.1) is 5.69 Å². The van der Waals surface area contributed by atoms with Crippen molar-refractivity contribution >= 4 is 16.8 Å². The van der Waals surface area contributed by atoms with Crippen molar-refractivity contribution in [2.75, 3.05) is 6.54 Å². The Bertz CT molecular complexity index is 1080. The minimum atomic E-state index is 0.0486. The molecule has 0 saturated heterocycles. The van der Waals surface area contributed by atoms with Gasteiger partial charge in [0.2, 0.25) is 11.8 Å². The second-order valence-electron chi connectivity index (χ2n) is 6.97. The van der Waals surface area contributed by atoms with Gasteiger partial charge in [-0.25, -0.2) is 4.98 Å². The molecule has 5 heteroatoms. The van der Waals surface area contributed by atoms with Crippen LogP contribution in [0.1, 0.15) is 23.2 Å². The molecule has 4 rings (SSSR count). The van der Waals surface area contributed by atoms with Crippen LogP contribution in [0.25, 0.3) is 22.4 Å². The topological polar surface area (TPSA) is 70.9 Å². The number of nitrogens with one attached hydrogen (secondary N) is 2. The lowest BCUT2D eigenvalue weighted by Gasteiger charge is -2.03. The Morgan fingerprint density at radius 2 is 1.93 bits per heavy atom. The van der Waals surface area contributed by atoms with Gasteiger partial charge in [-0.15, -0.1) is 0 Å². The second-order valence-corrected chi connectivity index (χ2v) is 6.97. The van der Waals surface area contributed by atoms with Gasteiger partial charge in [0, 0.05) is 42.0 Å². The molecule has 0 radical (unpaired) electrons. The Hall–Kier alpha value is -3.34. The van der Waals surface area contributed by atoms with E-state index in [0.717, 1.165) is 23.2 Å². The Labute approximate surface area is 163 Å². The fraction of sp³-hybridized carbons (Fsp3) is 0.217. The van der Waals surface area contributed by atoms with Crippen molar-refractivity contribution in [1.82, 2.24) is 15.3 Å². The third kappa shape index (κ3) is 4.14. The van der Waals surface area contributed by atoms with Gasteiger partial charge < -0.3 is 14.7 Å². The highest BCUT2D eigenvalue weighted by atomic mass is 16.3. The molecular formula is C23H23N3O2. The maximum Gasteiger partial charge on any atom is 0.226 e. The second kappa shape index (κ2) is 8.13. The maximum atomic E-state index is 12.2. The number of aryl methyl sites for hydroxylation is 2. The number of amides is 1. The maximum absolute atomic E-state index is 12.2. The van der Waals surface area contributed by atoms with Crippen molar-refractivity contribution < 1.29 is 9.21 Å². The third-order valence-corrected chi connectivity index (χ3v) is 4.85. The van der Waals surface area contributed by atoms with Crippen LogP contribution in [0.3, 0.4) is 0 Å². The van der Waals surface area contributed by atoms with Crippen LogP contribution in [0, 0.1) is 6.92 Å². The fourth-order valence-electron chi connectivity index (χ4n) is 3.26. The zero-order chi connectivity index (χ0) is 19.3. The number of rotatable bonds is 7. The Kier molecular flexibility index (Phi) is 5.24. The van der Waals surface area contributed by atoms with E-state index in [4.69, 9.17) is 4.42 Å². The van der Waals surface area contributed by atoms with Crippen molar-refractivity contribution in [1.29, 1.82) is 0 Å². The summed E-state index contributed by atoms with van der Waals surface area (Å²) in [6, 6.07) is 16.2. The van der Waals surface area contributed by atoms with Gasteiger partial charge >= 0.3 is 0 Å². The molecule has 2 aromatic heterocycles. The normalized spacial score (nSPS) is 11.0. The summed E-state index contributed by atoms with van der Waals surface area (Å²) in [5, 5.41) is 4.15. The van der Waals surface area contributed by atoms with Crippen LogP contribution >= 0.6 is 0 Å². The molecule has 0 atom stereocenters. The zero-order valence-corrected chi connectivity index (χ0v) is 15.9. The average Bonchev–Trinajstić information content (AvgIpc) is 3.34. The highest BCUT2D eigenvalue weighted by Crippen LogP contribution is 2.20.